The van der Waals surface area contributed by atoms with E-state index in [9.17, 15) is 9.59 Å². The molecule has 3 aliphatic rings. The molecule has 0 aromatic carbocycles. The predicted octanol–water partition coefficient (Wildman–Crippen LogP) is 8.72. The second-order valence-corrected chi connectivity index (χ2v) is 12.2. The number of rotatable bonds is 7. The Balaban J connectivity index is 1.65. The van der Waals surface area contributed by atoms with E-state index in [4.69, 9.17) is 0 Å². The molecule has 0 atom stereocenters. The lowest BCUT2D eigenvalue weighted by atomic mass is 9.72. The minimum Gasteiger partial charge on any atom is -0.335 e. The van der Waals surface area contributed by atoms with Crippen LogP contribution in [-0.2, 0) is 4.79 Å². The van der Waals surface area contributed by atoms with Gasteiger partial charge in [-0.05, 0) is 82.3 Å². The lowest BCUT2D eigenvalue weighted by Crippen LogP contribution is -2.52. The number of nitrogens with one attached hydrogen (secondary N) is 1. The van der Waals surface area contributed by atoms with Crippen LogP contribution in [0.4, 0.5) is 4.79 Å². The number of urea groups is 1. The summed E-state index contributed by atoms with van der Waals surface area (Å²) >= 11 is 0. The first-order valence-electron chi connectivity index (χ1n) is 14.7. The van der Waals surface area contributed by atoms with E-state index in [0.29, 0.717) is 0 Å². The molecule has 3 amide bonds. The highest BCUT2D eigenvalue weighted by Crippen LogP contribution is 2.40. The highest BCUT2D eigenvalue weighted by molar-refractivity contribution is 6.01. The van der Waals surface area contributed by atoms with E-state index in [1.54, 1.807) is 6.08 Å². The van der Waals surface area contributed by atoms with Crippen molar-refractivity contribution in [3.05, 3.63) is 58.7 Å². The molecule has 0 bridgehead atoms. The highest BCUT2D eigenvalue weighted by atomic mass is 16.2. The second-order valence-electron chi connectivity index (χ2n) is 12.2. The van der Waals surface area contributed by atoms with Gasteiger partial charge in [0.15, 0.2) is 0 Å². The average Bonchev–Trinajstić information content (AvgIpc) is 2.84. The van der Waals surface area contributed by atoms with Crippen LogP contribution in [0.3, 0.4) is 0 Å². The van der Waals surface area contributed by atoms with Crippen molar-refractivity contribution in [2.75, 3.05) is 0 Å². The molecule has 3 aliphatic carbocycles. The van der Waals surface area contributed by atoms with Crippen LogP contribution in [-0.4, -0.2) is 28.9 Å². The Morgan fingerprint density at radius 3 is 2.19 bits per heavy atom. The lowest BCUT2D eigenvalue weighted by Gasteiger charge is -2.34. The summed E-state index contributed by atoms with van der Waals surface area (Å²) in [5, 5.41) is 3.18. The van der Waals surface area contributed by atoms with E-state index >= 15 is 0 Å². The molecule has 3 rings (SSSR count). The average molecular weight is 507 g/mol. The molecular formula is C33H50N2O2. The maximum absolute atomic E-state index is 13.3. The zero-order chi connectivity index (χ0) is 26.8. The van der Waals surface area contributed by atoms with Gasteiger partial charge in [0, 0.05) is 18.2 Å². The van der Waals surface area contributed by atoms with Gasteiger partial charge >= 0.3 is 6.03 Å². The Bertz CT molecular complexity index is 951. The largest absolute Gasteiger partial charge is 0.335 e. The quantitative estimate of drug-likeness (QED) is 0.277. The minimum absolute atomic E-state index is 0.00643. The molecule has 2 saturated carbocycles. The van der Waals surface area contributed by atoms with Crippen LogP contribution >= 0.6 is 0 Å². The third-order valence-electron chi connectivity index (χ3n) is 8.45. The summed E-state index contributed by atoms with van der Waals surface area (Å²) in [4.78, 5) is 28.1. The number of nitrogens with zero attached hydrogens (tertiary/aromatic N) is 1. The molecule has 0 unspecified atom stereocenters. The van der Waals surface area contributed by atoms with Crippen molar-refractivity contribution >= 4 is 11.9 Å². The number of carbonyl (C=O) groups excluding carboxylic acids is 2. The first kappa shape index (κ1) is 29.2. The molecule has 0 spiro atoms. The molecule has 0 saturated heterocycles. The number of carbonyl (C=O) groups is 2. The zero-order valence-electron chi connectivity index (χ0n) is 24.1. The van der Waals surface area contributed by atoms with Gasteiger partial charge in [-0.25, -0.2) is 4.79 Å². The summed E-state index contributed by atoms with van der Waals surface area (Å²) in [7, 11) is 0. The van der Waals surface area contributed by atoms with Gasteiger partial charge in [0.25, 0.3) is 5.91 Å². The van der Waals surface area contributed by atoms with Gasteiger partial charge < -0.3 is 5.32 Å². The standard InChI is InChI=1S/C33H50N2O2/c1-25(21-22-30-27(3)16-13-23-33(30,4)5)14-12-15-26(2)24-31(36)35(29-19-10-7-11-20-29)32(37)34-28-17-8-6-9-18-28/h12,14-15,21-22,24,28-29H,6-11,13,16-20,23H2,1-5H3,(H,34,37)/b15-12+,22-21+,25-14-,26-24+. The van der Waals surface area contributed by atoms with Gasteiger partial charge in [0.2, 0.25) is 0 Å². The van der Waals surface area contributed by atoms with Gasteiger partial charge in [0.1, 0.15) is 0 Å². The monoisotopic (exact) mass is 506 g/mol. The van der Waals surface area contributed by atoms with Gasteiger partial charge in [-0.2, -0.15) is 0 Å². The molecule has 0 aromatic rings. The summed E-state index contributed by atoms with van der Waals surface area (Å²) in [5.74, 6) is -0.190. The maximum atomic E-state index is 13.3. The molecule has 204 valence electrons. The van der Waals surface area contributed by atoms with Crippen LogP contribution in [0.2, 0.25) is 0 Å². The molecule has 0 radical (unpaired) electrons. The van der Waals surface area contributed by atoms with Gasteiger partial charge in [-0.15, -0.1) is 0 Å². The first-order valence-corrected chi connectivity index (χ1v) is 14.7. The van der Waals surface area contributed by atoms with Crippen LogP contribution in [0, 0.1) is 5.41 Å². The lowest BCUT2D eigenvalue weighted by molar-refractivity contribution is -0.125. The van der Waals surface area contributed by atoms with Gasteiger partial charge in [0.05, 0.1) is 0 Å². The fraction of sp³-hybridized carbons (Fsp3) is 0.636. The number of hydrogen-bond acceptors (Lipinski definition) is 2. The van der Waals surface area contributed by atoms with E-state index < -0.39 is 0 Å². The second kappa shape index (κ2) is 14.0. The van der Waals surface area contributed by atoms with E-state index in [0.717, 1.165) is 56.9 Å². The Morgan fingerprint density at radius 2 is 1.54 bits per heavy atom. The van der Waals surface area contributed by atoms with E-state index in [-0.39, 0.29) is 29.4 Å². The molecule has 4 heteroatoms. The SMILES string of the molecule is CC1=C(/C=C/C(C)=C\C=C\C(C)=C\C(=O)N(C(=O)NC2CCCCC2)C2CCCCC2)C(C)(C)CCC1. The van der Waals surface area contributed by atoms with Gasteiger partial charge in [-0.3, -0.25) is 9.69 Å². The van der Waals surface area contributed by atoms with Crippen molar-refractivity contribution in [2.24, 2.45) is 5.41 Å². The smallest absolute Gasteiger partial charge is 0.324 e. The molecule has 1 N–H and O–H groups in total. The third kappa shape index (κ3) is 8.86. The number of hydrogen-bond donors (Lipinski definition) is 1. The van der Waals surface area contributed by atoms with Crippen molar-refractivity contribution in [1.29, 1.82) is 0 Å². The number of imide groups is 1. The number of allylic oxidation sites excluding steroid dienone is 9. The van der Waals surface area contributed by atoms with E-state index in [2.05, 4.69) is 51.2 Å². The van der Waals surface area contributed by atoms with Crippen LogP contribution in [0.15, 0.2) is 58.7 Å². The van der Waals surface area contributed by atoms with Crippen LogP contribution in [0.1, 0.15) is 118 Å². The van der Waals surface area contributed by atoms with Crippen LogP contribution in [0.5, 0.6) is 0 Å². The topological polar surface area (TPSA) is 49.4 Å². The van der Waals surface area contributed by atoms with Crippen molar-refractivity contribution in [3.8, 4) is 0 Å². The fourth-order valence-electron chi connectivity index (χ4n) is 6.22. The third-order valence-corrected chi connectivity index (χ3v) is 8.45. The Kier molecular flexibility index (Phi) is 11.0. The molecule has 2 fully saturated rings. The Hall–Kier alpha value is -2.36. The summed E-state index contributed by atoms with van der Waals surface area (Å²) in [6, 6.07) is 0.00454. The van der Waals surface area contributed by atoms with Gasteiger partial charge in [-0.1, -0.05) is 93.9 Å². The zero-order valence-corrected chi connectivity index (χ0v) is 24.1. The normalized spacial score (nSPS) is 22.6. The fourth-order valence-corrected chi connectivity index (χ4v) is 6.22. The molecule has 0 heterocycles. The van der Waals surface area contributed by atoms with Crippen LogP contribution in [0.25, 0.3) is 0 Å². The van der Waals surface area contributed by atoms with Crippen molar-refractivity contribution < 1.29 is 9.59 Å². The van der Waals surface area contributed by atoms with Crippen LogP contribution < -0.4 is 5.32 Å². The minimum atomic E-state index is -0.201. The van der Waals surface area contributed by atoms with E-state index in [1.165, 1.54) is 53.7 Å². The van der Waals surface area contributed by atoms with Crippen molar-refractivity contribution in [3.63, 3.8) is 0 Å². The maximum Gasteiger partial charge on any atom is 0.324 e. The molecule has 37 heavy (non-hydrogen) atoms. The van der Waals surface area contributed by atoms with Crippen molar-refractivity contribution in [2.45, 2.75) is 130 Å². The van der Waals surface area contributed by atoms with Crippen molar-refractivity contribution in [1.82, 2.24) is 10.2 Å². The van der Waals surface area contributed by atoms with E-state index in [1.807, 2.05) is 19.1 Å². The molecule has 0 aromatic heterocycles. The molecular weight excluding hydrogens is 456 g/mol. The number of amides is 3. The summed E-state index contributed by atoms with van der Waals surface area (Å²) in [6.45, 7) is 11.0. The summed E-state index contributed by atoms with van der Waals surface area (Å²) < 4.78 is 0. The first-order chi connectivity index (χ1) is 17.7. The molecule has 0 aliphatic heterocycles. The predicted molar refractivity (Wildman–Crippen MR) is 155 cm³/mol. The molecule has 4 nitrogen and oxygen atoms in total. The Labute approximate surface area is 226 Å². The Morgan fingerprint density at radius 1 is 0.892 bits per heavy atom. The highest BCUT2D eigenvalue weighted by Gasteiger charge is 2.31. The summed E-state index contributed by atoms with van der Waals surface area (Å²) in [6.07, 6.45) is 26.6. The summed E-state index contributed by atoms with van der Waals surface area (Å²) in [5.41, 5.74) is 5.24.